The summed E-state index contributed by atoms with van der Waals surface area (Å²) in [4.78, 5) is 0. The zero-order chi connectivity index (χ0) is 17.5. The molecule has 0 aromatic heterocycles. The third kappa shape index (κ3) is 9.61. The van der Waals surface area contributed by atoms with E-state index in [1.165, 1.54) is 0 Å². The van der Waals surface area contributed by atoms with E-state index >= 15 is 0 Å². The smallest absolute Gasteiger partial charge is 0.492 e. The fraction of sp³-hybridized carbons (Fsp3) is 0.333. The van der Waals surface area contributed by atoms with Gasteiger partial charge in [-0.15, -0.1) is 0 Å². The molecule has 2 aromatic carbocycles. The number of hydrogen-bond donors (Lipinski definition) is 0. The van der Waals surface area contributed by atoms with E-state index < -0.39 is 7.32 Å². The van der Waals surface area contributed by atoms with Crippen LogP contribution in [0.1, 0.15) is 11.1 Å². The van der Waals surface area contributed by atoms with E-state index in [0.717, 1.165) is 15.6 Å². The summed E-state index contributed by atoms with van der Waals surface area (Å²) < 4.78 is 11.3. The number of aryl methyl sites for hydroxylation is 2. The van der Waals surface area contributed by atoms with Crippen molar-refractivity contribution in [3.63, 3.8) is 0 Å². The first-order chi connectivity index (χ1) is 10.6. The minimum Gasteiger partial charge on any atom is -0.808 e. The van der Waals surface area contributed by atoms with Crippen LogP contribution in [-0.4, -0.2) is 40.0 Å². The van der Waals surface area contributed by atoms with Crippen LogP contribution in [0, 0.1) is 13.8 Å². The molecule has 0 amide bonds. The van der Waals surface area contributed by atoms with Crippen LogP contribution >= 0.6 is 0 Å². The average molecular weight is 315 g/mol. The predicted octanol–water partition coefficient (Wildman–Crippen LogP) is 2.43. The molecule has 0 N–H and O–H groups in total. The Morgan fingerprint density at radius 3 is 1.22 bits per heavy atom. The largest absolute Gasteiger partial charge is 0.808 e. The second-order valence-corrected chi connectivity index (χ2v) is 6.83. The third-order valence-electron chi connectivity index (χ3n) is 2.51. The van der Waals surface area contributed by atoms with Crippen LogP contribution in [0.3, 0.4) is 0 Å². The van der Waals surface area contributed by atoms with Gasteiger partial charge in [0, 0.05) is 0 Å². The van der Waals surface area contributed by atoms with E-state index in [9.17, 15) is 5.02 Å². The fourth-order valence-corrected chi connectivity index (χ4v) is 1.48. The number of nitrogens with zero attached hydrogens (tertiary/aromatic N) is 1. The standard InChI is InChI=1S/C14H14BO3.C4H12N/c1-11-3-7-13(8-4-11)17-15(16)18-14-9-5-12(2)6-10-14;1-5(2,3)4/h3-10H,1-2H3;1-4H3/q-1;+1. The average Bonchev–Trinajstić information content (AvgIpc) is 2.42. The van der Waals surface area contributed by atoms with Gasteiger partial charge in [0.25, 0.3) is 0 Å². The quantitative estimate of drug-likeness (QED) is 0.643. The lowest BCUT2D eigenvalue weighted by Gasteiger charge is -2.20. The van der Waals surface area contributed by atoms with E-state index in [-0.39, 0.29) is 0 Å². The first-order valence-electron chi connectivity index (χ1n) is 7.55. The lowest BCUT2D eigenvalue weighted by Crippen LogP contribution is -2.43. The predicted molar refractivity (Wildman–Crippen MR) is 93.3 cm³/mol. The maximum Gasteiger partial charge on any atom is 0.492 e. The van der Waals surface area contributed by atoms with Crippen molar-refractivity contribution < 1.29 is 18.8 Å². The van der Waals surface area contributed by atoms with Crippen LogP contribution in [0.15, 0.2) is 48.5 Å². The Morgan fingerprint density at radius 2 is 0.957 bits per heavy atom. The summed E-state index contributed by atoms with van der Waals surface area (Å²) in [5, 5.41) is 11.6. The molecule has 5 heteroatoms. The Bertz CT molecular complexity index is 523. The fourth-order valence-electron chi connectivity index (χ4n) is 1.48. The maximum atomic E-state index is 11.6. The number of rotatable bonds is 4. The minimum absolute atomic E-state index is 0.507. The molecule has 0 saturated heterocycles. The molecule has 0 aliphatic heterocycles. The highest BCUT2D eigenvalue weighted by Gasteiger charge is 2.06. The molecule has 0 aliphatic carbocycles. The van der Waals surface area contributed by atoms with Gasteiger partial charge in [-0.2, -0.15) is 0 Å². The van der Waals surface area contributed by atoms with Gasteiger partial charge in [-0.05, 0) is 38.1 Å². The molecule has 0 atom stereocenters. The molecule has 0 fully saturated rings. The molecule has 124 valence electrons. The second-order valence-electron chi connectivity index (χ2n) is 6.83. The van der Waals surface area contributed by atoms with Crippen molar-refractivity contribution >= 4 is 7.32 Å². The van der Waals surface area contributed by atoms with Gasteiger partial charge in [-0.25, -0.2) is 0 Å². The Morgan fingerprint density at radius 1 is 0.696 bits per heavy atom. The van der Waals surface area contributed by atoms with Crippen molar-refractivity contribution in [1.29, 1.82) is 0 Å². The summed E-state index contributed by atoms with van der Waals surface area (Å²) in [6.45, 7) is 3.95. The number of benzene rings is 2. The monoisotopic (exact) mass is 315 g/mol. The normalized spacial score (nSPS) is 10.4. The van der Waals surface area contributed by atoms with Crippen LogP contribution < -0.4 is 14.3 Å². The van der Waals surface area contributed by atoms with Crippen LogP contribution in [0.4, 0.5) is 0 Å². The summed E-state index contributed by atoms with van der Waals surface area (Å²) >= 11 is 0. The second kappa shape index (κ2) is 8.60. The van der Waals surface area contributed by atoms with Gasteiger partial charge in [0.15, 0.2) is 0 Å². The van der Waals surface area contributed by atoms with Gasteiger partial charge < -0.3 is 18.8 Å². The van der Waals surface area contributed by atoms with Crippen molar-refractivity contribution in [1.82, 2.24) is 0 Å². The van der Waals surface area contributed by atoms with Gasteiger partial charge in [0.2, 0.25) is 0 Å². The Balaban J connectivity index is 0.000000463. The van der Waals surface area contributed by atoms with E-state index in [2.05, 4.69) is 28.2 Å². The first kappa shape index (κ1) is 19.1. The highest BCUT2D eigenvalue weighted by atomic mass is 16.7. The van der Waals surface area contributed by atoms with Crippen molar-refractivity contribution in [2.75, 3.05) is 28.2 Å². The summed E-state index contributed by atoms with van der Waals surface area (Å²) in [6, 6.07) is 14.5. The molecule has 0 spiro atoms. The molecule has 4 nitrogen and oxygen atoms in total. The third-order valence-corrected chi connectivity index (χ3v) is 2.51. The maximum absolute atomic E-state index is 11.6. The van der Waals surface area contributed by atoms with Crippen LogP contribution in [0.25, 0.3) is 0 Å². The molecule has 0 heterocycles. The van der Waals surface area contributed by atoms with Gasteiger partial charge >= 0.3 is 7.32 Å². The molecular weight excluding hydrogens is 289 g/mol. The van der Waals surface area contributed by atoms with E-state index in [4.69, 9.17) is 9.31 Å². The molecular formula is C18H26BNO3. The highest BCUT2D eigenvalue weighted by Crippen LogP contribution is 2.14. The van der Waals surface area contributed by atoms with Crippen LogP contribution in [-0.2, 0) is 0 Å². The van der Waals surface area contributed by atoms with E-state index in [1.807, 2.05) is 38.1 Å². The van der Waals surface area contributed by atoms with Gasteiger partial charge in [0.1, 0.15) is 11.5 Å². The summed E-state index contributed by atoms with van der Waals surface area (Å²) in [5.74, 6) is 1.01. The van der Waals surface area contributed by atoms with Gasteiger partial charge in [-0.3, -0.25) is 0 Å². The van der Waals surface area contributed by atoms with Gasteiger partial charge in [-0.1, -0.05) is 35.4 Å². The van der Waals surface area contributed by atoms with E-state index in [1.54, 1.807) is 24.3 Å². The molecule has 0 aliphatic rings. The van der Waals surface area contributed by atoms with Crippen LogP contribution in [0.2, 0.25) is 0 Å². The molecule has 0 unspecified atom stereocenters. The number of quaternary nitrogens is 1. The SMILES string of the molecule is C[N+](C)(C)C.Cc1ccc(OB([O-])Oc2ccc(C)cc2)cc1. The minimum atomic E-state index is -1.56. The Labute approximate surface area is 140 Å². The lowest BCUT2D eigenvalue weighted by atomic mass is 10.2. The zero-order valence-electron chi connectivity index (χ0n) is 14.9. The molecule has 0 radical (unpaired) electrons. The Kier molecular flexibility index (Phi) is 7.13. The number of hydrogen-bond acceptors (Lipinski definition) is 3. The van der Waals surface area contributed by atoms with Gasteiger partial charge in [0.05, 0.1) is 28.2 Å². The molecule has 23 heavy (non-hydrogen) atoms. The van der Waals surface area contributed by atoms with Crippen molar-refractivity contribution in [3.05, 3.63) is 59.7 Å². The summed E-state index contributed by atoms with van der Waals surface area (Å²) in [5.41, 5.74) is 2.23. The molecule has 0 saturated carbocycles. The van der Waals surface area contributed by atoms with Crippen molar-refractivity contribution in [3.8, 4) is 11.5 Å². The van der Waals surface area contributed by atoms with Crippen molar-refractivity contribution in [2.24, 2.45) is 0 Å². The summed E-state index contributed by atoms with van der Waals surface area (Å²) in [7, 11) is 6.94. The topological polar surface area (TPSA) is 41.5 Å². The molecule has 0 bridgehead atoms. The van der Waals surface area contributed by atoms with Crippen molar-refractivity contribution in [2.45, 2.75) is 13.8 Å². The molecule has 2 aromatic rings. The first-order valence-corrected chi connectivity index (χ1v) is 7.55. The van der Waals surface area contributed by atoms with Crippen LogP contribution in [0.5, 0.6) is 11.5 Å². The van der Waals surface area contributed by atoms with E-state index in [0.29, 0.717) is 11.5 Å². The highest BCUT2D eigenvalue weighted by molar-refractivity contribution is 6.34. The summed E-state index contributed by atoms with van der Waals surface area (Å²) in [6.07, 6.45) is 0. The Hall–Kier alpha value is -1.98. The molecule has 2 rings (SSSR count). The lowest BCUT2D eigenvalue weighted by molar-refractivity contribution is -0.849. The zero-order valence-corrected chi connectivity index (χ0v) is 14.9.